The van der Waals surface area contributed by atoms with E-state index in [2.05, 4.69) is 15.9 Å². The SMILES string of the molecule is N#CCOc1ccc(/C=C/Br)cc1. The van der Waals surface area contributed by atoms with E-state index in [0.29, 0.717) is 5.75 Å². The van der Waals surface area contributed by atoms with E-state index >= 15 is 0 Å². The van der Waals surface area contributed by atoms with Gasteiger partial charge in [-0.3, -0.25) is 0 Å². The van der Waals surface area contributed by atoms with Crippen molar-refractivity contribution in [3.05, 3.63) is 34.8 Å². The summed E-state index contributed by atoms with van der Waals surface area (Å²) in [7, 11) is 0. The number of nitrogens with zero attached hydrogens (tertiary/aromatic N) is 1. The lowest BCUT2D eigenvalue weighted by Crippen LogP contribution is -1.92. The Hall–Kier alpha value is -1.27. The summed E-state index contributed by atoms with van der Waals surface area (Å²) in [5.41, 5.74) is 1.08. The zero-order chi connectivity index (χ0) is 9.52. The van der Waals surface area contributed by atoms with Crippen LogP contribution in [0, 0.1) is 11.3 Å². The quantitative estimate of drug-likeness (QED) is 0.810. The van der Waals surface area contributed by atoms with Gasteiger partial charge in [-0.25, -0.2) is 0 Å². The maximum atomic E-state index is 8.27. The molecule has 0 amide bonds. The molecule has 0 fully saturated rings. The molecule has 0 spiro atoms. The normalized spacial score (nSPS) is 9.85. The minimum absolute atomic E-state index is 0.0909. The van der Waals surface area contributed by atoms with Gasteiger partial charge in [0.15, 0.2) is 6.61 Å². The van der Waals surface area contributed by atoms with E-state index in [-0.39, 0.29) is 6.61 Å². The molecule has 66 valence electrons. The molecular weight excluding hydrogens is 230 g/mol. The van der Waals surface area contributed by atoms with Crippen molar-refractivity contribution in [3.63, 3.8) is 0 Å². The van der Waals surface area contributed by atoms with Crippen LogP contribution in [0.1, 0.15) is 5.56 Å². The van der Waals surface area contributed by atoms with Crippen LogP contribution < -0.4 is 4.74 Å². The number of halogens is 1. The van der Waals surface area contributed by atoms with Gasteiger partial charge in [0.1, 0.15) is 11.8 Å². The van der Waals surface area contributed by atoms with Gasteiger partial charge in [0.05, 0.1) is 0 Å². The monoisotopic (exact) mass is 237 g/mol. The van der Waals surface area contributed by atoms with Crippen LogP contribution in [0.25, 0.3) is 6.08 Å². The van der Waals surface area contributed by atoms with Gasteiger partial charge >= 0.3 is 0 Å². The highest BCUT2D eigenvalue weighted by Crippen LogP contribution is 2.13. The molecule has 1 aromatic carbocycles. The van der Waals surface area contributed by atoms with Gasteiger partial charge in [-0.1, -0.05) is 28.1 Å². The first-order valence-corrected chi connectivity index (χ1v) is 4.65. The molecule has 1 rings (SSSR count). The number of rotatable bonds is 3. The summed E-state index contributed by atoms with van der Waals surface area (Å²) in [6.07, 6.45) is 1.92. The molecule has 0 aliphatic rings. The topological polar surface area (TPSA) is 33.0 Å². The predicted molar refractivity (Wildman–Crippen MR) is 55.5 cm³/mol. The van der Waals surface area contributed by atoms with Gasteiger partial charge in [-0.15, -0.1) is 0 Å². The first-order valence-electron chi connectivity index (χ1n) is 3.73. The van der Waals surface area contributed by atoms with Crippen molar-refractivity contribution in [2.75, 3.05) is 6.61 Å². The largest absolute Gasteiger partial charge is 0.479 e. The van der Waals surface area contributed by atoms with Crippen LogP contribution >= 0.6 is 15.9 Å². The van der Waals surface area contributed by atoms with Crippen LogP contribution in [0.4, 0.5) is 0 Å². The van der Waals surface area contributed by atoms with Crippen molar-refractivity contribution in [1.29, 1.82) is 5.26 Å². The third-order valence-corrected chi connectivity index (χ3v) is 1.70. The van der Waals surface area contributed by atoms with E-state index < -0.39 is 0 Å². The highest BCUT2D eigenvalue weighted by Gasteiger charge is 1.91. The van der Waals surface area contributed by atoms with E-state index in [9.17, 15) is 0 Å². The van der Waals surface area contributed by atoms with Gasteiger partial charge in [0.25, 0.3) is 0 Å². The highest BCUT2D eigenvalue weighted by atomic mass is 79.9. The van der Waals surface area contributed by atoms with Gasteiger partial charge in [-0.05, 0) is 28.8 Å². The van der Waals surface area contributed by atoms with E-state index in [1.54, 1.807) is 4.99 Å². The Kier molecular flexibility index (Phi) is 4.07. The molecular formula is C10H8BrNO. The van der Waals surface area contributed by atoms with Crippen molar-refractivity contribution in [2.24, 2.45) is 0 Å². The lowest BCUT2D eigenvalue weighted by atomic mass is 10.2. The Morgan fingerprint density at radius 2 is 2.08 bits per heavy atom. The standard InChI is InChI=1S/C10H8BrNO/c11-6-5-9-1-3-10(4-2-9)13-8-7-12/h1-6H,8H2/b6-5+. The van der Waals surface area contributed by atoms with Crippen molar-refractivity contribution in [1.82, 2.24) is 0 Å². The maximum absolute atomic E-state index is 8.27. The summed E-state index contributed by atoms with van der Waals surface area (Å²) in [5.74, 6) is 0.716. The smallest absolute Gasteiger partial charge is 0.174 e. The Labute approximate surface area is 85.6 Å². The minimum Gasteiger partial charge on any atom is -0.479 e. The molecule has 0 unspecified atom stereocenters. The van der Waals surface area contributed by atoms with Crippen LogP contribution in [0.5, 0.6) is 5.75 Å². The number of benzene rings is 1. The van der Waals surface area contributed by atoms with Gasteiger partial charge in [0.2, 0.25) is 0 Å². The average Bonchev–Trinajstić information content (AvgIpc) is 2.17. The number of nitriles is 1. The molecule has 3 heteroatoms. The molecule has 1 aromatic rings. The molecule has 0 radical (unpaired) electrons. The fourth-order valence-corrected chi connectivity index (χ4v) is 1.17. The first-order chi connectivity index (χ1) is 6.36. The van der Waals surface area contributed by atoms with Crippen LogP contribution in [0.15, 0.2) is 29.3 Å². The van der Waals surface area contributed by atoms with Gasteiger partial charge in [0, 0.05) is 0 Å². The maximum Gasteiger partial charge on any atom is 0.174 e. The molecule has 0 aliphatic carbocycles. The molecule has 13 heavy (non-hydrogen) atoms. The summed E-state index contributed by atoms with van der Waals surface area (Å²) in [6.45, 7) is 0.0909. The van der Waals surface area contributed by atoms with Crippen molar-refractivity contribution >= 4 is 22.0 Å². The summed E-state index contributed by atoms with van der Waals surface area (Å²) >= 11 is 3.19. The van der Waals surface area contributed by atoms with E-state index in [0.717, 1.165) is 5.56 Å². The molecule has 0 aliphatic heterocycles. The van der Waals surface area contributed by atoms with E-state index in [1.807, 2.05) is 36.4 Å². The molecule has 0 aromatic heterocycles. The zero-order valence-electron chi connectivity index (χ0n) is 6.90. The van der Waals surface area contributed by atoms with Crippen molar-refractivity contribution < 1.29 is 4.74 Å². The fraction of sp³-hybridized carbons (Fsp3) is 0.100. The summed E-state index contributed by atoms with van der Waals surface area (Å²) in [4.78, 5) is 1.79. The summed E-state index contributed by atoms with van der Waals surface area (Å²) in [5, 5.41) is 8.27. The van der Waals surface area contributed by atoms with E-state index in [1.165, 1.54) is 0 Å². The van der Waals surface area contributed by atoms with Crippen LogP contribution in [-0.2, 0) is 0 Å². The second kappa shape index (κ2) is 5.39. The van der Waals surface area contributed by atoms with Crippen LogP contribution in [0.2, 0.25) is 0 Å². The molecule has 0 atom stereocenters. The van der Waals surface area contributed by atoms with E-state index in [4.69, 9.17) is 10.00 Å². The Balaban J connectivity index is 2.65. The van der Waals surface area contributed by atoms with Crippen LogP contribution in [0.3, 0.4) is 0 Å². The number of hydrogen-bond donors (Lipinski definition) is 0. The molecule has 0 bridgehead atoms. The molecule has 0 N–H and O–H groups in total. The number of ether oxygens (including phenoxy) is 1. The fourth-order valence-electron chi connectivity index (χ4n) is 0.864. The minimum atomic E-state index is 0.0909. The zero-order valence-corrected chi connectivity index (χ0v) is 8.49. The highest BCUT2D eigenvalue weighted by molar-refractivity contribution is 9.11. The second-order valence-corrected chi connectivity index (χ2v) is 2.84. The lowest BCUT2D eigenvalue weighted by molar-refractivity contribution is 0.368. The lowest BCUT2D eigenvalue weighted by Gasteiger charge is -2.00. The Morgan fingerprint density at radius 3 is 2.62 bits per heavy atom. The van der Waals surface area contributed by atoms with Crippen molar-refractivity contribution in [2.45, 2.75) is 0 Å². The molecule has 2 nitrogen and oxygen atoms in total. The second-order valence-electron chi connectivity index (χ2n) is 2.31. The van der Waals surface area contributed by atoms with Gasteiger partial charge in [-0.2, -0.15) is 5.26 Å². The third kappa shape index (κ3) is 3.30. The van der Waals surface area contributed by atoms with Crippen LogP contribution in [-0.4, -0.2) is 6.61 Å². The molecule has 0 saturated heterocycles. The molecule has 0 saturated carbocycles. The van der Waals surface area contributed by atoms with Gasteiger partial charge < -0.3 is 4.74 Å². The third-order valence-electron chi connectivity index (χ3n) is 1.44. The summed E-state index contributed by atoms with van der Waals surface area (Å²) < 4.78 is 5.09. The number of hydrogen-bond acceptors (Lipinski definition) is 2. The summed E-state index contributed by atoms with van der Waals surface area (Å²) in [6, 6.07) is 9.42. The van der Waals surface area contributed by atoms with Crippen molar-refractivity contribution in [3.8, 4) is 11.8 Å². The predicted octanol–water partition coefficient (Wildman–Crippen LogP) is 2.95. The Bertz CT molecular complexity index is 324. The Morgan fingerprint density at radius 1 is 1.38 bits per heavy atom. The molecule has 0 heterocycles. The first kappa shape index (κ1) is 9.82. The average molecular weight is 238 g/mol.